The Labute approximate surface area is 155 Å². The van der Waals surface area contributed by atoms with Crippen molar-refractivity contribution in [2.75, 3.05) is 26.2 Å². The van der Waals surface area contributed by atoms with Gasteiger partial charge in [0.25, 0.3) is 5.91 Å². The van der Waals surface area contributed by atoms with Crippen LogP contribution in [0.15, 0.2) is 54.6 Å². The molecule has 1 unspecified atom stereocenters. The number of carbonyl (C=O) groups is 1. The Morgan fingerprint density at radius 2 is 1.77 bits per heavy atom. The second-order valence-electron chi connectivity index (χ2n) is 5.85. The average Bonchev–Trinajstić information content (AvgIpc) is 2.70. The fraction of sp³-hybridized carbons (Fsp3) is 0.333. The minimum Gasteiger partial charge on any atom is -0.482 e. The van der Waals surface area contributed by atoms with E-state index in [1.807, 2.05) is 18.2 Å². The van der Waals surface area contributed by atoms with Gasteiger partial charge in [0.1, 0.15) is 11.8 Å². The molecule has 0 heterocycles. The zero-order valence-electron chi connectivity index (χ0n) is 15.3. The number of para-hydroxylation sites is 1. The molecule has 0 aromatic heterocycles. The molecule has 5 heteroatoms. The molecule has 0 aliphatic carbocycles. The summed E-state index contributed by atoms with van der Waals surface area (Å²) in [5, 5.41) is 12.0. The highest BCUT2D eigenvalue weighted by Gasteiger charge is 2.18. The summed E-state index contributed by atoms with van der Waals surface area (Å²) in [6.07, 6.45) is 0. The molecular formula is C21H25N3O2. The molecule has 2 aromatic rings. The minimum absolute atomic E-state index is 0.113. The molecular weight excluding hydrogens is 326 g/mol. The number of ether oxygens (including phenoxy) is 1. The number of benzene rings is 2. The van der Waals surface area contributed by atoms with E-state index in [2.05, 4.69) is 42.3 Å². The first-order valence-electron chi connectivity index (χ1n) is 8.87. The van der Waals surface area contributed by atoms with Crippen molar-refractivity contribution in [3.63, 3.8) is 0 Å². The molecule has 1 N–H and O–H groups in total. The average molecular weight is 351 g/mol. The van der Waals surface area contributed by atoms with Gasteiger partial charge in [-0.25, -0.2) is 0 Å². The van der Waals surface area contributed by atoms with Gasteiger partial charge < -0.3 is 10.1 Å². The molecule has 0 radical (unpaired) electrons. The van der Waals surface area contributed by atoms with E-state index in [0.29, 0.717) is 17.9 Å². The second-order valence-corrected chi connectivity index (χ2v) is 5.85. The summed E-state index contributed by atoms with van der Waals surface area (Å²) in [4.78, 5) is 14.5. The maximum atomic E-state index is 12.2. The van der Waals surface area contributed by atoms with E-state index in [-0.39, 0.29) is 18.6 Å². The lowest BCUT2D eigenvalue weighted by molar-refractivity contribution is -0.123. The van der Waals surface area contributed by atoms with Crippen molar-refractivity contribution in [1.82, 2.24) is 10.2 Å². The van der Waals surface area contributed by atoms with Crippen molar-refractivity contribution < 1.29 is 9.53 Å². The van der Waals surface area contributed by atoms with Crippen molar-refractivity contribution in [3.05, 3.63) is 65.7 Å². The molecule has 0 saturated heterocycles. The fourth-order valence-corrected chi connectivity index (χ4v) is 2.89. The number of hydrogen-bond donors (Lipinski definition) is 1. The van der Waals surface area contributed by atoms with E-state index in [1.54, 1.807) is 24.3 Å². The molecule has 5 nitrogen and oxygen atoms in total. The summed E-state index contributed by atoms with van der Waals surface area (Å²) in [5.41, 5.74) is 1.60. The van der Waals surface area contributed by atoms with Crippen LogP contribution in [0.3, 0.4) is 0 Å². The maximum absolute atomic E-state index is 12.2. The number of amides is 1. The van der Waals surface area contributed by atoms with Gasteiger partial charge >= 0.3 is 0 Å². The predicted molar refractivity (Wildman–Crippen MR) is 102 cm³/mol. The van der Waals surface area contributed by atoms with E-state index >= 15 is 0 Å². The van der Waals surface area contributed by atoms with E-state index in [0.717, 1.165) is 13.1 Å². The maximum Gasteiger partial charge on any atom is 0.258 e. The lowest BCUT2D eigenvalue weighted by Crippen LogP contribution is -2.39. The van der Waals surface area contributed by atoms with Crippen LogP contribution in [-0.2, 0) is 4.79 Å². The zero-order valence-corrected chi connectivity index (χ0v) is 15.3. The number of nitriles is 1. The van der Waals surface area contributed by atoms with Gasteiger partial charge in [0.15, 0.2) is 6.61 Å². The highest BCUT2D eigenvalue weighted by molar-refractivity contribution is 5.77. The Balaban J connectivity index is 1.95. The second kappa shape index (κ2) is 10.2. The smallest absolute Gasteiger partial charge is 0.258 e. The van der Waals surface area contributed by atoms with Gasteiger partial charge in [0.2, 0.25) is 0 Å². The van der Waals surface area contributed by atoms with Gasteiger partial charge in [0, 0.05) is 6.54 Å². The molecule has 0 fully saturated rings. The summed E-state index contributed by atoms with van der Waals surface area (Å²) >= 11 is 0. The predicted octanol–water partition coefficient (Wildman–Crippen LogP) is 3.14. The van der Waals surface area contributed by atoms with E-state index < -0.39 is 0 Å². The quantitative estimate of drug-likeness (QED) is 0.754. The summed E-state index contributed by atoms with van der Waals surface area (Å²) < 4.78 is 5.49. The molecule has 2 aromatic carbocycles. The number of rotatable bonds is 9. The van der Waals surface area contributed by atoms with Gasteiger partial charge in [-0.3, -0.25) is 9.69 Å². The van der Waals surface area contributed by atoms with Crippen molar-refractivity contribution in [2.45, 2.75) is 19.9 Å². The van der Waals surface area contributed by atoms with E-state index in [4.69, 9.17) is 10.00 Å². The van der Waals surface area contributed by atoms with Gasteiger partial charge in [0.05, 0.1) is 11.6 Å². The first-order valence-corrected chi connectivity index (χ1v) is 8.87. The largest absolute Gasteiger partial charge is 0.482 e. The number of nitrogens with one attached hydrogen (secondary N) is 1. The standard InChI is InChI=1S/C21H25N3O2/c1-3-24(4-2)19(17-10-6-5-7-11-17)15-23-21(25)16-26-20-13-9-8-12-18(20)14-22/h5-13,19H,3-4,15-16H2,1-2H3,(H,23,25). The van der Waals surface area contributed by atoms with Crippen LogP contribution in [0.1, 0.15) is 31.0 Å². The van der Waals surface area contributed by atoms with Crippen LogP contribution in [0.4, 0.5) is 0 Å². The van der Waals surface area contributed by atoms with Crippen LogP contribution in [-0.4, -0.2) is 37.0 Å². The normalized spacial score (nSPS) is 11.6. The Bertz CT molecular complexity index is 736. The van der Waals surface area contributed by atoms with Crippen LogP contribution in [0.25, 0.3) is 0 Å². The van der Waals surface area contributed by atoms with Crippen LogP contribution < -0.4 is 10.1 Å². The lowest BCUT2D eigenvalue weighted by Gasteiger charge is -2.30. The molecule has 136 valence electrons. The molecule has 0 aliphatic rings. The van der Waals surface area contributed by atoms with Gasteiger partial charge in [-0.2, -0.15) is 5.26 Å². The third kappa shape index (κ3) is 5.33. The van der Waals surface area contributed by atoms with Crippen molar-refractivity contribution >= 4 is 5.91 Å². The molecule has 2 rings (SSSR count). The van der Waals surface area contributed by atoms with Crippen LogP contribution in [0.5, 0.6) is 5.75 Å². The molecule has 0 bridgehead atoms. The molecule has 0 aliphatic heterocycles. The van der Waals surface area contributed by atoms with Crippen molar-refractivity contribution in [2.24, 2.45) is 0 Å². The van der Waals surface area contributed by atoms with Crippen LogP contribution in [0, 0.1) is 11.3 Å². The van der Waals surface area contributed by atoms with Crippen molar-refractivity contribution in [1.29, 1.82) is 5.26 Å². The molecule has 26 heavy (non-hydrogen) atoms. The van der Waals surface area contributed by atoms with E-state index in [1.165, 1.54) is 5.56 Å². The first kappa shape index (κ1) is 19.5. The molecule has 1 atom stereocenters. The molecule has 1 amide bonds. The van der Waals surface area contributed by atoms with E-state index in [9.17, 15) is 4.79 Å². The minimum atomic E-state index is -0.203. The topological polar surface area (TPSA) is 65.4 Å². The van der Waals surface area contributed by atoms with Gasteiger partial charge in [-0.1, -0.05) is 56.3 Å². The highest BCUT2D eigenvalue weighted by atomic mass is 16.5. The Hall–Kier alpha value is -2.84. The molecule has 0 spiro atoms. The summed E-state index contributed by atoms with van der Waals surface area (Å²) in [5.74, 6) is 0.222. The number of hydrogen-bond acceptors (Lipinski definition) is 4. The summed E-state index contributed by atoms with van der Waals surface area (Å²) in [6.45, 7) is 6.43. The summed E-state index contributed by atoms with van der Waals surface area (Å²) in [7, 11) is 0. The number of likely N-dealkylation sites (N-methyl/N-ethyl adjacent to an activating group) is 1. The Morgan fingerprint density at radius 3 is 2.42 bits per heavy atom. The first-order chi connectivity index (χ1) is 12.7. The SMILES string of the molecule is CCN(CC)C(CNC(=O)COc1ccccc1C#N)c1ccccc1. The third-order valence-electron chi connectivity index (χ3n) is 4.30. The van der Waals surface area contributed by atoms with Crippen LogP contribution >= 0.6 is 0 Å². The van der Waals surface area contributed by atoms with Gasteiger partial charge in [-0.05, 0) is 30.8 Å². The van der Waals surface area contributed by atoms with Crippen molar-refractivity contribution in [3.8, 4) is 11.8 Å². The summed E-state index contributed by atoms with van der Waals surface area (Å²) in [6, 6.07) is 19.2. The highest BCUT2D eigenvalue weighted by Crippen LogP contribution is 2.19. The fourth-order valence-electron chi connectivity index (χ4n) is 2.89. The number of nitrogens with zero attached hydrogens (tertiary/aromatic N) is 2. The molecule has 0 saturated carbocycles. The van der Waals surface area contributed by atoms with Gasteiger partial charge in [-0.15, -0.1) is 0 Å². The van der Waals surface area contributed by atoms with Crippen LogP contribution in [0.2, 0.25) is 0 Å². The zero-order chi connectivity index (χ0) is 18.8. The Morgan fingerprint density at radius 1 is 1.12 bits per heavy atom. The Kier molecular flexibility index (Phi) is 7.66. The third-order valence-corrected chi connectivity index (χ3v) is 4.30. The number of carbonyl (C=O) groups excluding carboxylic acids is 1. The lowest BCUT2D eigenvalue weighted by atomic mass is 10.1. The monoisotopic (exact) mass is 351 g/mol.